The van der Waals surface area contributed by atoms with Gasteiger partial charge in [-0.05, 0) is 31.5 Å². The van der Waals surface area contributed by atoms with Crippen molar-refractivity contribution in [3.05, 3.63) is 29.8 Å². The lowest BCUT2D eigenvalue weighted by atomic mass is 10.1. The van der Waals surface area contributed by atoms with Gasteiger partial charge in [-0.15, -0.1) is 0 Å². The first-order valence-electron chi connectivity index (χ1n) is 8.81. The summed E-state index contributed by atoms with van der Waals surface area (Å²) in [4.78, 5) is 12.9. The Morgan fingerprint density at radius 3 is 2.78 bits per heavy atom. The SMILES string of the molecule is Fc1cc(C(F)(F)F)cc2c1nc(N1CCN3CCCC3C1)n1ncnc21. The van der Waals surface area contributed by atoms with Crippen molar-refractivity contribution in [2.45, 2.75) is 25.1 Å². The highest BCUT2D eigenvalue weighted by molar-refractivity contribution is 5.93. The van der Waals surface area contributed by atoms with Gasteiger partial charge in [-0.25, -0.2) is 14.4 Å². The first kappa shape index (κ1) is 16.7. The molecule has 142 valence electrons. The lowest BCUT2D eigenvalue weighted by Crippen LogP contribution is -2.51. The number of rotatable bonds is 1. The predicted octanol–water partition coefficient (Wildman–Crippen LogP) is 2.72. The van der Waals surface area contributed by atoms with Gasteiger partial charge in [-0.2, -0.15) is 22.8 Å². The van der Waals surface area contributed by atoms with Crippen molar-refractivity contribution in [1.29, 1.82) is 0 Å². The van der Waals surface area contributed by atoms with Crippen LogP contribution < -0.4 is 4.90 Å². The van der Waals surface area contributed by atoms with Crippen molar-refractivity contribution in [1.82, 2.24) is 24.5 Å². The van der Waals surface area contributed by atoms with E-state index >= 15 is 0 Å². The molecule has 3 aromatic rings. The number of anilines is 1. The topological polar surface area (TPSA) is 49.6 Å². The number of alkyl halides is 3. The summed E-state index contributed by atoms with van der Waals surface area (Å²) in [7, 11) is 0. The number of hydrogen-bond donors (Lipinski definition) is 0. The zero-order chi connectivity index (χ0) is 18.8. The molecular weight excluding hydrogens is 364 g/mol. The van der Waals surface area contributed by atoms with Gasteiger partial charge in [0.15, 0.2) is 5.65 Å². The van der Waals surface area contributed by atoms with Gasteiger partial charge in [-0.1, -0.05) is 0 Å². The molecule has 0 N–H and O–H groups in total. The minimum Gasteiger partial charge on any atom is -0.338 e. The number of benzene rings is 1. The van der Waals surface area contributed by atoms with Crippen LogP contribution in [0.3, 0.4) is 0 Å². The Morgan fingerprint density at radius 1 is 1.11 bits per heavy atom. The van der Waals surface area contributed by atoms with E-state index in [1.165, 1.54) is 10.8 Å². The minimum absolute atomic E-state index is 0.00285. The lowest BCUT2D eigenvalue weighted by molar-refractivity contribution is -0.137. The normalized spacial score (nSPS) is 21.3. The van der Waals surface area contributed by atoms with Crippen LogP contribution in [0.15, 0.2) is 18.5 Å². The third kappa shape index (κ3) is 2.61. The van der Waals surface area contributed by atoms with Crippen molar-refractivity contribution in [2.75, 3.05) is 31.1 Å². The Bertz CT molecular complexity index is 1030. The summed E-state index contributed by atoms with van der Waals surface area (Å²) in [6.45, 7) is 3.38. The van der Waals surface area contributed by atoms with Gasteiger partial charge in [0.05, 0.1) is 5.56 Å². The summed E-state index contributed by atoms with van der Waals surface area (Å²) in [5.41, 5.74) is -1.01. The smallest absolute Gasteiger partial charge is 0.338 e. The molecule has 4 heterocycles. The fourth-order valence-corrected chi connectivity index (χ4v) is 4.14. The second-order valence-corrected chi connectivity index (χ2v) is 7.04. The molecule has 0 aliphatic carbocycles. The van der Waals surface area contributed by atoms with Gasteiger partial charge in [0.25, 0.3) is 0 Å². The Labute approximate surface area is 151 Å². The molecule has 1 atom stereocenters. The minimum atomic E-state index is -4.65. The second kappa shape index (κ2) is 5.75. The van der Waals surface area contributed by atoms with Crippen LogP contribution in [0.4, 0.5) is 23.5 Å². The molecule has 0 amide bonds. The summed E-state index contributed by atoms with van der Waals surface area (Å²) in [6.07, 6.45) is -1.15. The highest BCUT2D eigenvalue weighted by Crippen LogP contribution is 2.34. The Hall–Kier alpha value is -2.49. The number of fused-ring (bicyclic) bond motifs is 4. The third-order valence-electron chi connectivity index (χ3n) is 5.45. The summed E-state index contributed by atoms with van der Waals surface area (Å²) in [5, 5.41) is 4.14. The molecule has 10 heteroatoms. The van der Waals surface area contributed by atoms with Crippen molar-refractivity contribution < 1.29 is 17.6 Å². The molecule has 2 fully saturated rings. The zero-order valence-electron chi connectivity index (χ0n) is 14.2. The molecule has 2 aromatic heterocycles. The number of hydrogen-bond acceptors (Lipinski definition) is 5. The van der Waals surface area contributed by atoms with E-state index in [2.05, 4.69) is 20.0 Å². The fraction of sp³-hybridized carbons (Fsp3) is 0.471. The molecule has 6 nitrogen and oxygen atoms in total. The highest BCUT2D eigenvalue weighted by atomic mass is 19.4. The molecule has 5 rings (SSSR count). The lowest BCUT2D eigenvalue weighted by Gasteiger charge is -2.37. The summed E-state index contributed by atoms with van der Waals surface area (Å²) in [6, 6.07) is 1.78. The predicted molar refractivity (Wildman–Crippen MR) is 90.1 cm³/mol. The van der Waals surface area contributed by atoms with Crippen LogP contribution >= 0.6 is 0 Å². The largest absolute Gasteiger partial charge is 0.416 e. The monoisotopic (exact) mass is 380 g/mol. The Morgan fingerprint density at radius 2 is 1.96 bits per heavy atom. The van der Waals surface area contributed by atoms with E-state index in [0.717, 1.165) is 38.5 Å². The average molecular weight is 380 g/mol. The van der Waals surface area contributed by atoms with E-state index in [1.807, 2.05) is 4.90 Å². The Kier molecular flexibility index (Phi) is 3.55. The number of halogens is 4. The maximum Gasteiger partial charge on any atom is 0.416 e. The van der Waals surface area contributed by atoms with E-state index in [1.54, 1.807) is 0 Å². The molecule has 0 spiro atoms. The van der Waals surface area contributed by atoms with Crippen LogP contribution in [0.1, 0.15) is 18.4 Å². The molecule has 1 unspecified atom stereocenters. The van der Waals surface area contributed by atoms with Crippen LogP contribution in [0.5, 0.6) is 0 Å². The summed E-state index contributed by atoms with van der Waals surface area (Å²) in [5.74, 6) is -0.591. The van der Waals surface area contributed by atoms with E-state index in [9.17, 15) is 17.6 Å². The first-order valence-corrected chi connectivity index (χ1v) is 8.81. The molecular formula is C17H16F4N6. The summed E-state index contributed by atoms with van der Waals surface area (Å²) < 4.78 is 55.2. The van der Waals surface area contributed by atoms with Gasteiger partial charge in [0, 0.05) is 31.1 Å². The first-order chi connectivity index (χ1) is 12.9. The van der Waals surface area contributed by atoms with E-state index in [-0.39, 0.29) is 16.6 Å². The molecule has 2 saturated heterocycles. The number of aromatic nitrogens is 4. The molecule has 1 aromatic carbocycles. The molecule has 2 aliphatic heterocycles. The van der Waals surface area contributed by atoms with Crippen molar-refractivity contribution in [3.63, 3.8) is 0 Å². The quantitative estimate of drug-likeness (QED) is 0.608. The van der Waals surface area contributed by atoms with E-state index in [4.69, 9.17) is 0 Å². The number of nitrogens with zero attached hydrogens (tertiary/aromatic N) is 6. The molecule has 27 heavy (non-hydrogen) atoms. The number of piperazine rings is 1. The molecule has 0 radical (unpaired) electrons. The van der Waals surface area contributed by atoms with Gasteiger partial charge in [0.2, 0.25) is 5.95 Å². The molecule has 2 aliphatic rings. The average Bonchev–Trinajstić information content (AvgIpc) is 3.29. The fourth-order valence-electron chi connectivity index (χ4n) is 4.14. The van der Waals surface area contributed by atoms with Crippen LogP contribution in [-0.2, 0) is 6.18 Å². The van der Waals surface area contributed by atoms with Gasteiger partial charge < -0.3 is 4.90 Å². The van der Waals surface area contributed by atoms with E-state index in [0.29, 0.717) is 24.6 Å². The van der Waals surface area contributed by atoms with Gasteiger partial charge >= 0.3 is 6.18 Å². The zero-order valence-corrected chi connectivity index (χ0v) is 14.2. The van der Waals surface area contributed by atoms with E-state index < -0.39 is 17.6 Å². The van der Waals surface area contributed by atoms with Crippen molar-refractivity contribution in [3.8, 4) is 0 Å². The van der Waals surface area contributed by atoms with Crippen molar-refractivity contribution in [2.24, 2.45) is 0 Å². The maximum absolute atomic E-state index is 14.5. The van der Waals surface area contributed by atoms with Gasteiger partial charge in [0.1, 0.15) is 17.7 Å². The summed E-state index contributed by atoms with van der Waals surface area (Å²) >= 11 is 0. The maximum atomic E-state index is 14.5. The standard InChI is InChI=1S/C17H16F4N6/c18-13-7-10(17(19,20)21)6-12-14(13)24-16(27-15(12)22-9-23-27)26-5-4-25-3-1-2-11(25)8-26/h6-7,9,11H,1-5,8H2. The van der Waals surface area contributed by atoms with Crippen LogP contribution in [0.25, 0.3) is 16.6 Å². The van der Waals surface area contributed by atoms with Crippen LogP contribution in [0.2, 0.25) is 0 Å². The second-order valence-electron chi connectivity index (χ2n) is 7.04. The van der Waals surface area contributed by atoms with Crippen molar-refractivity contribution >= 4 is 22.5 Å². The van der Waals surface area contributed by atoms with Crippen LogP contribution in [-0.4, -0.2) is 56.7 Å². The Balaban J connectivity index is 1.67. The van der Waals surface area contributed by atoms with Crippen LogP contribution in [0, 0.1) is 5.82 Å². The molecule has 0 saturated carbocycles. The van der Waals surface area contributed by atoms with Gasteiger partial charge in [-0.3, -0.25) is 4.90 Å². The molecule has 0 bridgehead atoms. The highest BCUT2D eigenvalue weighted by Gasteiger charge is 2.34. The third-order valence-corrected chi connectivity index (χ3v) is 5.45.